The third-order valence-corrected chi connectivity index (χ3v) is 4.72. The van der Waals surface area contributed by atoms with Gasteiger partial charge in [-0.2, -0.15) is 0 Å². The van der Waals surface area contributed by atoms with Crippen LogP contribution in [-0.4, -0.2) is 47.6 Å². The van der Waals surface area contributed by atoms with Gasteiger partial charge in [-0.25, -0.2) is 0 Å². The molecule has 2 saturated heterocycles. The molecule has 0 radical (unpaired) electrons. The van der Waals surface area contributed by atoms with Crippen molar-refractivity contribution in [3.05, 3.63) is 0 Å². The zero-order valence-electron chi connectivity index (χ0n) is 12.8. The Labute approximate surface area is 121 Å². The Balaban J connectivity index is 2.19. The minimum Gasteiger partial charge on any atom is -0.373 e. The highest BCUT2D eigenvalue weighted by atomic mass is 16.5. The van der Waals surface area contributed by atoms with Crippen LogP contribution in [0.3, 0.4) is 0 Å². The van der Waals surface area contributed by atoms with E-state index in [1.807, 2.05) is 18.7 Å². The predicted octanol–water partition coefficient (Wildman–Crippen LogP) is 1.46. The van der Waals surface area contributed by atoms with Crippen LogP contribution in [0, 0.1) is 0 Å². The first-order valence-electron chi connectivity index (χ1n) is 7.69. The molecule has 2 heterocycles. The fraction of sp³-hybridized carbons (Fsp3) is 0.867. The van der Waals surface area contributed by atoms with Gasteiger partial charge in [0.25, 0.3) is 0 Å². The monoisotopic (exact) mass is 282 g/mol. The molecule has 1 unspecified atom stereocenters. The zero-order valence-corrected chi connectivity index (χ0v) is 12.8. The van der Waals surface area contributed by atoms with E-state index in [1.54, 1.807) is 0 Å². The molecule has 0 aromatic rings. The van der Waals surface area contributed by atoms with Crippen LogP contribution in [0.15, 0.2) is 0 Å². The van der Waals surface area contributed by atoms with Gasteiger partial charge in [-0.1, -0.05) is 13.8 Å². The van der Waals surface area contributed by atoms with Gasteiger partial charge in [0.15, 0.2) is 0 Å². The van der Waals surface area contributed by atoms with Crippen molar-refractivity contribution in [2.24, 2.45) is 0 Å². The molecular weight excluding hydrogens is 256 g/mol. The molecule has 0 spiro atoms. The Morgan fingerprint density at radius 3 is 2.55 bits per heavy atom. The summed E-state index contributed by atoms with van der Waals surface area (Å²) in [7, 11) is 0. The number of hydrogen-bond acceptors (Lipinski definition) is 3. The van der Waals surface area contributed by atoms with Crippen molar-refractivity contribution in [1.29, 1.82) is 0 Å². The van der Waals surface area contributed by atoms with Gasteiger partial charge in [-0.3, -0.25) is 9.59 Å². The fourth-order valence-corrected chi connectivity index (χ4v) is 3.27. The average molecular weight is 282 g/mol. The average Bonchev–Trinajstić information content (AvgIpc) is 2.82. The lowest BCUT2D eigenvalue weighted by Gasteiger charge is -2.37. The molecule has 0 saturated carbocycles. The molecule has 5 heteroatoms. The Bertz CT molecular complexity index is 385. The summed E-state index contributed by atoms with van der Waals surface area (Å²) >= 11 is 0. The standard InChI is InChI=1S/C15H26N2O3/c1-4-15(5-2)13(19)17(9-7-12(18)16-15)11-14(3)8-6-10-20-14/h4-11H2,1-3H3,(H,16,18). The van der Waals surface area contributed by atoms with E-state index in [4.69, 9.17) is 4.74 Å². The van der Waals surface area contributed by atoms with Crippen LogP contribution in [0.25, 0.3) is 0 Å². The van der Waals surface area contributed by atoms with Gasteiger partial charge in [0.05, 0.1) is 5.60 Å². The van der Waals surface area contributed by atoms with Crippen molar-refractivity contribution in [3.8, 4) is 0 Å². The summed E-state index contributed by atoms with van der Waals surface area (Å²) in [4.78, 5) is 26.6. The SMILES string of the molecule is CCC1(CC)NC(=O)CCN(CC2(C)CCCO2)C1=O. The molecule has 2 aliphatic heterocycles. The zero-order chi connectivity index (χ0) is 14.8. The van der Waals surface area contributed by atoms with E-state index in [0.717, 1.165) is 19.4 Å². The lowest BCUT2D eigenvalue weighted by Crippen LogP contribution is -2.58. The lowest BCUT2D eigenvalue weighted by molar-refractivity contribution is -0.142. The first kappa shape index (κ1) is 15.3. The molecule has 2 rings (SSSR count). The van der Waals surface area contributed by atoms with Gasteiger partial charge in [0, 0.05) is 26.1 Å². The molecule has 1 atom stereocenters. The summed E-state index contributed by atoms with van der Waals surface area (Å²) in [5.74, 6) is 0.0205. The van der Waals surface area contributed by atoms with Crippen molar-refractivity contribution < 1.29 is 14.3 Å². The highest BCUT2D eigenvalue weighted by Gasteiger charge is 2.44. The van der Waals surface area contributed by atoms with Crippen LogP contribution >= 0.6 is 0 Å². The summed E-state index contributed by atoms with van der Waals surface area (Å²) in [6, 6.07) is 0. The van der Waals surface area contributed by atoms with E-state index >= 15 is 0 Å². The largest absolute Gasteiger partial charge is 0.373 e. The van der Waals surface area contributed by atoms with E-state index in [0.29, 0.717) is 32.4 Å². The van der Waals surface area contributed by atoms with Gasteiger partial charge in [-0.15, -0.1) is 0 Å². The predicted molar refractivity (Wildman–Crippen MR) is 76.2 cm³/mol. The Morgan fingerprint density at radius 1 is 1.30 bits per heavy atom. The third kappa shape index (κ3) is 2.82. The first-order valence-corrected chi connectivity index (χ1v) is 7.69. The van der Waals surface area contributed by atoms with Gasteiger partial charge in [0.2, 0.25) is 11.8 Å². The molecule has 5 nitrogen and oxygen atoms in total. The third-order valence-electron chi connectivity index (χ3n) is 4.72. The van der Waals surface area contributed by atoms with Crippen molar-refractivity contribution in [1.82, 2.24) is 10.2 Å². The van der Waals surface area contributed by atoms with Gasteiger partial charge >= 0.3 is 0 Å². The Hall–Kier alpha value is -1.10. The van der Waals surface area contributed by atoms with Gasteiger partial charge < -0.3 is 15.0 Å². The number of carbonyl (C=O) groups excluding carboxylic acids is 2. The number of nitrogens with one attached hydrogen (secondary N) is 1. The second-order valence-electron chi connectivity index (χ2n) is 6.22. The van der Waals surface area contributed by atoms with Crippen molar-refractivity contribution in [3.63, 3.8) is 0 Å². The normalized spacial score (nSPS) is 30.2. The smallest absolute Gasteiger partial charge is 0.248 e. The maximum atomic E-state index is 12.9. The molecule has 2 amide bonds. The van der Waals surface area contributed by atoms with Gasteiger partial charge in [-0.05, 0) is 32.6 Å². The Kier molecular flexibility index (Phi) is 4.37. The lowest BCUT2D eigenvalue weighted by atomic mass is 9.90. The van der Waals surface area contributed by atoms with Crippen LogP contribution in [0.5, 0.6) is 0 Å². The number of nitrogens with zero attached hydrogens (tertiary/aromatic N) is 1. The van der Waals surface area contributed by atoms with Crippen molar-refractivity contribution in [2.45, 2.75) is 64.0 Å². The molecule has 0 aliphatic carbocycles. The van der Waals surface area contributed by atoms with Crippen LogP contribution in [0.1, 0.15) is 52.9 Å². The Morgan fingerprint density at radius 2 is 2.00 bits per heavy atom. The van der Waals surface area contributed by atoms with Crippen LogP contribution < -0.4 is 5.32 Å². The minimum absolute atomic E-state index is 0.0259. The molecule has 0 aromatic heterocycles. The van der Waals surface area contributed by atoms with E-state index in [9.17, 15) is 9.59 Å². The van der Waals surface area contributed by atoms with Crippen LogP contribution in [-0.2, 0) is 14.3 Å². The maximum absolute atomic E-state index is 12.9. The van der Waals surface area contributed by atoms with Crippen LogP contribution in [0.4, 0.5) is 0 Å². The quantitative estimate of drug-likeness (QED) is 0.849. The molecule has 1 N–H and O–H groups in total. The number of rotatable bonds is 4. The summed E-state index contributed by atoms with van der Waals surface area (Å²) in [5.41, 5.74) is -0.987. The van der Waals surface area contributed by atoms with Crippen molar-refractivity contribution in [2.75, 3.05) is 19.7 Å². The van der Waals surface area contributed by atoms with Gasteiger partial charge in [0.1, 0.15) is 5.54 Å². The van der Waals surface area contributed by atoms with E-state index in [1.165, 1.54) is 0 Å². The second kappa shape index (κ2) is 5.72. The molecule has 2 fully saturated rings. The summed E-state index contributed by atoms with van der Waals surface area (Å²) in [6.45, 7) is 7.82. The summed E-state index contributed by atoms with van der Waals surface area (Å²) in [6.07, 6.45) is 3.65. The molecule has 0 aromatic carbocycles. The molecule has 114 valence electrons. The summed E-state index contributed by atoms with van der Waals surface area (Å²) in [5, 5.41) is 2.94. The topological polar surface area (TPSA) is 58.6 Å². The minimum atomic E-state index is -0.734. The van der Waals surface area contributed by atoms with E-state index < -0.39 is 5.54 Å². The van der Waals surface area contributed by atoms with Crippen molar-refractivity contribution >= 4 is 11.8 Å². The number of carbonyl (C=O) groups is 2. The second-order valence-corrected chi connectivity index (χ2v) is 6.22. The fourth-order valence-electron chi connectivity index (χ4n) is 3.27. The van der Waals surface area contributed by atoms with E-state index in [-0.39, 0.29) is 17.4 Å². The highest BCUT2D eigenvalue weighted by molar-refractivity contribution is 5.93. The molecule has 0 bridgehead atoms. The molecular formula is C15H26N2O3. The first-order chi connectivity index (χ1) is 9.45. The van der Waals surface area contributed by atoms with E-state index in [2.05, 4.69) is 12.2 Å². The summed E-state index contributed by atoms with van der Waals surface area (Å²) < 4.78 is 5.80. The van der Waals surface area contributed by atoms with Crippen LogP contribution in [0.2, 0.25) is 0 Å². The maximum Gasteiger partial charge on any atom is 0.248 e. The number of hydrogen-bond donors (Lipinski definition) is 1. The number of ether oxygens (including phenoxy) is 1. The number of amides is 2. The highest BCUT2D eigenvalue weighted by Crippen LogP contribution is 2.29. The molecule has 2 aliphatic rings. The molecule has 20 heavy (non-hydrogen) atoms.